The van der Waals surface area contributed by atoms with Crippen LogP contribution in [-0.2, 0) is 11.3 Å². The average molecular weight is 220 g/mol. The Kier molecular flexibility index (Phi) is 4.07. The Morgan fingerprint density at radius 2 is 1.94 bits per heavy atom. The Labute approximate surface area is 97.2 Å². The van der Waals surface area contributed by atoms with Crippen molar-refractivity contribution in [3.05, 3.63) is 35.4 Å². The molecule has 0 radical (unpaired) electrons. The monoisotopic (exact) mass is 220 g/mol. The van der Waals surface area contributed by atoms with E-state index in [0.29, 0.717) is 6.54 Å². The van der Waals surface area contributed by atoms with E-state index in [9.17, 15) is 4.79 Å². The normalized spacial score (nSPS) is 11.2. The zero-order valence-electron chi connectivity index (χ0n) is 10.4. The lowest BCUT2D eigenvalue weighted by molar-refractivity contribution is -0.126. The fraction of sp³-hybridized carbons (Fsp3) is 0.462. The van der Waals surface area contributed by atoms with Gasteiger partial charge in [-0.15, -0.1) is 0 Å². The van der Waals surface area contributed by atoms with Crippen LogP contribution in [0.4, 0.5) is 0 Å². The molecular weight excluding hydrogens is 200 g/mol. The Bertz CT molecular complexity index is 372. The van der Waals surface area contributed by atoms with Crippen LogP contribution in [0.1, 0.15) is 25.0 Å². The van der Waals surface area contributed by atoms with Crippen molar-refractivity contribution < 1.29 is 4.79 Å². The molecule has 0 bridgehead atoms. The minimum atomic E-state index is -0.525. The third kappa shape index (κ3) is 3.07. The Morgan fingerprint density at radius 1 is 1.31 bits per heavy atom. The summed E-state index contributed by atoms with van der Waals surface area (Å²) in [5, 5.41) is 5.91. The maximum Gasteiger partial charge on any atom is 0.239 e. The fourth-order valence-corrected chi connectivity index (χ4v) is 1.32. The standard InChI is InChI=1S/C13H20N2O/c1-10-7-5-6-8-11(10)9-15-12(16)13(2,3)14-4/h5-8,14H,9H2,1-4H3,(H,15,16). The number of benzene rings is 1. The van der Waals surface area contributed by atoms with E-state index in [1.165, 1.54) is 5.56 Å². The highest BCUT2D eigenvalue weighted by Crippen LogP contribution is 2.07. The first-order valence-corrected chi connectivity index (χ1v) is 5.49. The molecule has 0 heterocycles. The molecule has 2 N–H and O–H groups in total. The first-order valence-electron chi connectivity index (χ1n) is 5.49. The van der Waals surface area contributed by atoms with Crippen molar-refractivity contribution in [2.45, 2.75) is 32.9 Å². The molecule has 0 saturated carbocycles. The van der Waals surface area contributed by atoms with Crippen molar-refractivity contribution in [1.29, 1.82) is 0 Å². The summed E-state index contributed by atoms with van der Waals surface area (Å²) in [7, 11) is 1.79. The summed E-state index contributed by atoms with van der Waals surface area (Å²) in [6.07, 6.45) is 0. The predicted octanol–water partition coefficient (Wildman–Crippen LogP) is 1.61. The van der Waals surface area contributed by atoms with E-state index in [-0.39, 0.29) is 5.91 Å². The Balaban J connectivity index is 2.59. The minimum Gasteiger partial charge on any atom is -0.350 e. The van der Waals surface area contributed by atoms with Crippen molar-refractivity contribution in [2.24, 2.45) is 0 Å². The van der Waals surface area contributed by atoms with Gasteiger partial charge in [-0.05, 0) is 38.9 Å². The number of aryl methyl sites for hydroxylation is 1. The lowest BCUT2D eigenvalue weighted by atomic mass is 10.0. The molecule has 0 aliphatic heterocycles. The SMILES string of the molecule is CNC(C)(C)C(=O)NCc1ccccc1C. The minimum absolute atomic E-state index is 0.0123. The number of amides is 1. The van der Waals surface area contributed by atoms with Gasteiger partial charge in [-0.2, -0.15) is 0 Å². The first kappa shape index (κ1) is 12.7. The second kappa shape index (κ2) is 5.12. The summed E-state index contributed by atoms with van der Waals surface area (Å²) in [4.78, 5) is 11.8. The van der Waals surface area contributed by atoms with E-state index in [4.69, 9.17) is 0 Å². The van der Waals surface area contributed by atoms with Crippen LogP contribution >= 0.6 is 0 Å². The van der Waals surface area contributed by atoms with Gasteiger partial charge < -0.3 is 10.6 Å². The Hall–Kier alpha value is -1.35. The van der Waals surface area contributed by atoms with Gasteiger partial charge in [0.25, 0.3) is 0 Å². The molecule has 0 fully saturated rings. The summed E-state index contributed by atoms with van der Waals surface area (Å²) < 4.78 is 0. The second-order valence-electron chi connectivity index (χ2n) is 4.48. The molecule has 0 aliphatic carbocycles. The molecule has 1 rings (SSSR count). The van der Waals surface area contributed by atoms with Crippen LogP contribution in [0.3, 0.4) is 0 Å². The number of nitrogens with one attached hydrogen (secondary N) is 2. The number of likely N-dealkylation sites (N-methyl/N-ethyl adjacent to an activating group) is 1. The summed E-state index contributed by atoms with van der Waals surface area (Å²) in [5.41, 5.74) is 1.83. The summed E-state index contributed by atoms with van der Waals surface area (Å²) in [6, 6.07) is 8.06. The topological polar surface area (TPSA) is 41.1 Å². The average Bonchev–Trinajstić information content (AvgIpc) is 2.27. The molecule has 16 heavy (non-hydrogen) atoms. The van der Waals surface area contributed by atoms with E-state index in [1.54, 1.807) is 7.05 Å². The molecule has 3 nitrogen and oxygen atoms in total. The molecule has 3 heteroatoms. The van der Waals surface area contributed by atoms with Crippen molar-refractivity contribution in [3.63, 3.8) is 0 Å². The van der Waals surface area contributed by atoms with Gasteiger partial charge in [0, 0.05) is 6.54 Å². The third-order valence-corrected chi connectivity index (χ3v) is 2.89. The lowest BCUT2D eigenvalue weighted by Crippen LogP contribution is -2.50. The maximum absolute atomic E-state index is 11.8. The Morgan fingerprint density at radius 3 is 2.50 bits per heavy atom. The maximum atomic E-state index is 11.8. The van der Waals surface area contributed by atoms with Crippen LogP contribution in [0, 0.1) is 6.92 Å². The molecular formula is C13H20N2O. The second-order valence-corrected chi connectivity index (χ2v) is 4.48. The van der Waals surface area contributed by atoms with Crippen LogP contribution in [0.25, 0.3) is 0 Å². The zero-order valence-corrected chi connectivity index (χ0v) is 10.4. The molecule has 1 aromatic rings. The highest BCUT2D eigenvalue weighted by molar-refractivity contribution is 5.85. The summed E-state index contributed by atoms with van der Waals surface area (Å²) in [6.45, 7) is 6.35. The van der Waals surface area contributed by atoms with Crippen molar-refractivity contribution in [1.82, 2.24) is 10.6 Å². The molecule has 0 aliphatic rings. The van der Waals surface area contributed by atoms with Gasteiger partial charge in [0.1, 0.15) is 0 Å². The molecule has 1 amide bonds. The van der Waals surface area contributed by atoms with Gasteiger partial charge in [0.15, 0.2) is 0 Å². The highest BCUT2D eigenvalue weighted by atomic mass is 16.2. The molecule has 0 aromatic heterocycles. The van der Waals surface area contributed by atoms with Crippen LogP contribution in [0.15, 0.2) is 24.3 Å². The van der Waals surface area contributed by atoms with Crippen LogP contribution in [0.2, 0.25) is 0 Å². The molecule has 88 valence electrons. The largest absolute Gasteiger partial charge is 0.350 e. The number of hydrogen-bond acceptors (Lipinski definition) is 2. The van der Waals surface area contributed by atoms with Gasteiger partial charge in [0.05, 0.1) is 5.54 Å². The molecule has 0 atom stereocenters. The van der Waals surface area contributed by atoms with Crippen LogP contribution < -0.4 is 10.6 Å². The lowest BCUT2D eigenvalue weighted by Gasteiger charge is -2.23. The van der Waals surface area contributed by atoms with Crippen LogP contribution in [0.5, 0.6) is 0 Å². The molecule has 0 unspecified atom stereocenters. The van der Waals surface area contributed by atoms with Crippen molar-refractivity contribution in [2.75, 3.05) is 7.05 Å². The number of carbonyl (C=O) groups is 1. The molecule has 0 saturated heterocycles. The summed E-state index contributed by atoms with van der Waals surface area (Å²) >= 11 is 0. The van der Waals surface area contributed by atoms with Gasteiger partial charge in [-0.1, -0.05) is 24.3 Å². The number of hydrogen-bond donors (Lipinski definition) is 2. The van der Waals surface area contributed by atoms with Gasteiger partial charge in [-0.25, -0.2) is 0 Å². The van der Waals surface area contributed by atoms with E-state index in [0.717, 1.165) is 5.56 Å². The molecule has 0 spiro atoms. The van der Waals surface area contributed by atoms with Gasteiger partial charge >= 0.3 is 0 Å². The fourth-order valence-electron chi connectivity index (χ4n) is 1.32. The van der Waals surface area contributed by atoms with E-state index in [2.05, 4.69) is 10.6 Å². The van der Waals surface area contributed by atoms with Crippen molar-refractivity contribution in [3.8, 4) is 0 Å². The third-order valence-electron chi connectivity index (χ3n) is 2.89. The summed E-state index contributed by atoms with van der Waals surface area (Å²) in [5.74, 6) is 0.0123. The van der Waals surface area contributed by atoms with E-state index >= 15 is 0 Å². The predicted molar refractivity (Wildman–Crippen MR) is 66.2 cm³/mol. The van der Waals surface area contributed by atoms with E-state index < -0.39 is 5.54 Å². The zero-order chi connectivity index (χ0) is 12.2. The van der Waals surface area contributed by atoms with Gasteiger partial charge in [-0.3, -0.25) is 4.79 Å². The number of rotatable bonds is 4. The molecule has 1 aromatic carbocycles. The first-order chi connectivity index (χ1) is 7.47. The van der Waals surface area contributed by atoms with E-state index in [1.807, 2.05) is 45.0 Å². The van der Waals surface area contributed by atoms with Crippen LogP contribution in [-0.4, -0.2) is 18.5 Å². The smallest absolute Gasteiger partial charge is 0.239 e. The quantitative estimate of drug-likeness (QED) is 0.809. The van der Waals surface area contributed by atoms with Crippen molar-refractivity contribution >= 4 is 5.91 Å². The van der Waals surface area contributed by atoms with Gasteiger partial charge in [0.2, 0.25) is 5.91 Å². The number of carbonyl (C=O) groups excluding carboxylic acids is 1. The highest BCUT2D eigenvalue weighted by Gasteiger charge is 2.24.